The lowest BCUT2D eigenvalue weighted by Crippen LogP contribution is -2.52. The van der Waals surface area contributed by atoms with Crippen LogP contribution in [0.4, 0.5) is 5.82 Å². The monoisotopic (exact) mass is 578 g/mol. The largest absolute Gasteiger partial charge is 0.356 e. The van der Waals surface area contributed by atoms with E-state index in [0.29, 0.717) is 24.8 Å². The summed E-state index contributed by atoms with van der Waals surface area (Å²) >= 11 is 0. The second-order valence-electron chi connectivity index (χ2n) is 12.3. The van der Waals surface area contributed by atoms with Crippen LogP contribution in [0, 0.1) is 6.92 Å². The van der Waals surface area contributed by atoms with Gasteiger partial charge in [0.05, 0.1) is 6.26 Å². The lowest BCUT2D eigenvalue weighted by atomic mass is 9.74. The number of amides is 1. The third kappa shape index (κ3) is 5.42. The number of likely N-dealkylation sites (tertiary alicyclic amines) is 2. The second kappa shape index (κ2) is 11.1. The van der Waals surface area contributed by atoms with E-state index in [0.717, 1.165) is 76.1 Å². The fourth-order valence-corrected chi connectivity index (χ4v) is 8.19. The van der Waals surface area contributed by atoms with Crippen LogP contribution in [0.15, 0.2) is 36.7 Å². The maximum atomic E-state index is 13.6. The van der Waals surface area contributed by atoms with Crippen molar-refractivity contribution in [1.82, 2.24) is 24.1 Å². The van der Waals surface area contributed by atoms with E-state index < -0.39 is 10.0 Å². The average molecular weight is 579 g/mol. The number of fused-ring (bicyclic) bond motifs is 2. The molecule has 3 aliphatic heterocycles. The van der Waals surface area contributed by atoms with E-state index in [4.69, 9.17) is 0 Å². The number of aromatic nitrogens is 2. The molecule has 3 saturated heterocycles. The molecule has 0 N–H and O–H groups in total. The Morgan fingerprint density at radius 2 is 1.66 bits per heavy atom. The highest BCUT2D eigenvalue weighted by molar-refractivity contribution is 7.88. The molecule has 1 aromatic carbocycles. The van der Waals surface area contributed by atoms with Gasteiger partial charge in [-0.1, -0.05) is 36.4 Å². The zero-order chi connectivity index (χ0) is 28.8. The lowest BCUT2D eigenvalue weighted by Gasteiger charge is -2.43. The van der Waals surface area contributed by atoms with Gasteiger partial charge in [-0.05, 0) is 69.7 Å². The summed E-state index contributed by atoms with van der Waals surface area (Å²) in [7, 11) is -1.47. The molecule has 0 saturated carbocycles. The molecule has 0 atom stereocenters. The second-order valence-corrected chi connectivity index (χ2v) is 14.3. The van der Waals surface area contributed by atoms with E-state index in [1.165, 1.54) is 21.7 Å². The average Bonchev–Trinajstić information content (AvgIpc) is 3.34. The molecule has 41 heavy (non-hydrogen) atoms. The Kier molecular flexibility index (Phi) is 7.67. The fourth-order valence-electron chi connectivity index (χ4n) is 7.43. The molecule has 6 rings (SSSR count). The van der Waals surface area contributed by atoms with Gasteiger partial charge in [-0.25, -0.2) is 22.7 Å². The number of hydrogen-bond donors (Lipinski definition) is 0. The molecule has 2 aromatic rings. The molecule has 10 heteroatoms. The Morgan fingerprint density at radius 3 is 2.34 bits per heavy atom. The molecule has 9 nitrogen and oxygen atoms in total. The first-order valence-electron chi connectivity index (χ1n) is 15.0. The first kappa shape index (κ1) is 28.3. The first-order valence-corrected chi connectivity index (χ1v) is 16.8. The van der Waals surface area contributed by atoms with E-state index in [-0.39, 0.29) is 17.4 Å². The molecule has 1 aromatic heterocycles. The maximum absolute atomic E-state index is 13.6. The zero-order valence-corrected chi connectivity index (χ0v) is 25.3. The molecule has 0 bridgehead atoms. The van der Waals surface area contributed by atoms with Crippen molar-refractivity contribution in [3.8, 4) is 0 Å². The van der Waals surface area contributed by atoms with Crippen molar-refractivity contribution in [3.05, 3.63) is 59.1 Å². The number of piperidine rings is 3. The van der Waals surface area contributed by atoms with Crippen molar-refractivity contribution < 1.29 is 13.2 Å². The van der Waals surface area contributed by atoms with Gasteiger partial charge in [0.1, 0.15) is 17.8 Å². The number of rotatable bonds is 5. The number of carbonyl (C=O) groups excluding carboxylic acids is 1. The SMILES string of the molecule is Cc1c(C(=O)N2CCC(N3CCC(N(C)S(C)(=O)=O)CC3)CC2)ncnc1N1CCC2(C=Cc3ccccc32)CC1. The number of sulfonamides is 1. The highest BCUT2D eigenvalue weighted by Crippen LogP contribution is 2.44. The molecule has 0 radical (unpaired) electrons. The van der Waals surface area contributed by atoms with E-state index in [1.54, 1.807) is 13.4 Å². The van der Waals surface area contributed by atoms with Crippen LogP contribution in [0.1, 0.15) is 65.7 Å². The van der Waals surface area contributed by atoms with Crippen molar-refractivity contribution in [3.63, 3.8) is 0 Å². The predicted molar refractivity (Wildman–Crippen MR) is 161 cm³/mol. The van der Waals surface area contributed by atoms with E-state index in [9.17, 15) is 13.2 Å². The smallest absolute Gasteiger partial charge is 0.272 e. The summed E-state index contributed by atoms with van der Waals surface area (Å²) in [6, 6.07) is 9.21. The van der Waals surface area contributed by atoms with Crippen LogP contribution in [0.2, 0.25) is 0 Å². The maximum Gasteiger partial charge on any atom is 0.272 e. The minimum Gasteiger partial charge on any atom is -0.356 e. The van der Waals surface area contributed by atoms with Gasteiger partial charge in [0.25, 0.3) is 5.91 Å². The molecule has 1 spiro atoms. The van der Waals surface area contributed by atoms with Gasteiger partial charge >= 0.3 is 0 Å². The van der Waals surface area contributed by atoms with Gasteiger partial charge < -0.3 is 14.7 Å². The van der Waals surface area contributed by atoms with Crippen molar-refractivity contribution in [2.24, 2.45) is 0 Å². The highest BCUT2D eigenvalue weighted by atomic mass is 32.2. The Hall–Kier alpha value is -2.82. The van der Waals surface area contributed by atoms with E-state index >= 15 is 0 Å². The summed E-state index contributed by atoms with van der Waals surface area (Å²) < 4.78 is 25.4. The van der Waals surface area contributed by atoms with Crippen LogP contribution in [-0.4, -0.2) is 103 Å². The third-order valence-corrected chi connectivity index (χ3v) is 11.4. The van der Waals surface area contributed by atoms with Crippen LogP contribution in [0.25, 0.3) is 6.08 Å². The van der Waals surface area contributed by atoms with Crippen molar-refractivity contribution in [1.29, 1.82) is 0 Å². The molecule has 4 aliphatic rings. The predicted octanol–water partition coefficient (Wildman–Crippen LogP) is 3.31. The quantitative estimate of drug-likeness (QED) is 0.538. The van der Waals surface area contributed by atoms with Crippen LogP contribution in [0.5, 0.6) is 0 Å². The number of nitrogens with zero attached hydrogens (tertiary/aromatic N) is 6. The van der Waals surface area contributed by atoms with Gasteiger partial charge in [-0.15, -0.1) is 0 Å². The summed E-state index contributed by atoms with van der Waals surface area (Å²) in [5.41, 5.74) is 4.26. The summed E-state index contributed by atoms with van der Waals surface area (Å²) in [5, 5.41) is 0. The lowest BCUT2D eigenvalue weighted by molar-refractivity contribution is 0.0542. The highest BCUT2D eigenvalue weighted by Gasteiger charge is 2.39. The Labute approximate surface area is 244 Å². The minimum absolute atomic E-state index is 0.000723. The summed E-state index contributed by atoms with van der Waals surface area (Å²) in [6.07, 6.45) is 13.1. The van der Waals surface area contributed by atoms with Crippen LogP contribution in [0.3, 0.4) is 0 Å². The molecule has 1 amide bonds. The summed E-state index contributed by atoms with van der Waals surface area (Å²) in [5.74, 6) is 0.879. The molecule has 0 unspecified atom stereocenters. The Morgan fingerprint density at radius 1 is 0.976 bits per heavy atom. The molecule has 3 fully saturated rings. The van der Waals surface area contributed by atoms with Gasteiger partial charge in [-0.3, -0.25) is 4.79 Å². The standard InChI is InChI=1S/C31H42N6O3S/c1-23-28(30(38)37-18-11-26(12-19-37)35-16-9-25(10-17-35)34(2)41(3,39)40)32-22-33-29(23)36-20-14-31(15-21-36)13-8-24-6-4-5-7-27(24)31/h4-8,13,22,25-26H,9-12,14-21H2,1-3H3. The topological polar surface area (TPSA) is 90.0 Å². The normalized spacial score (nSPS) is 22.0. The third-order valence-electron chi connectivity index (χ3n) is 10.1. The summed E-state index contributed by atoms with van der Waals surface area (Å²) in [4.78, 5) is 29.5. The Bertz CT molecular complexity index is 1420. The zero-order valence-electron chi connectivity index (χ0n) is 24.5. The Balaban J connectivity index is 1.05. The van der Waals surface area contributed by atoms with E-state index in [1.807, 2.05) is 11.8 Å². The summed E-state index contributed by atoms with van der Waals surface area (Å²) in [6.45, 7) is 7.00. The number of benzene rings is 1. The van der Waals surface area contributed by atoms with Gasteiger partial charge in [0, 0.05) is 56.3 Å². The van der Waals surface area contributed by atoms with Crippen LogP contribution >= 0.6 is 0 Å². The van der Waals surface area contributed by atoms with Gasteiger partial charge in [0.15, 0.2) is 0 Å². The molecule has 220 valence electrons. The molecule has 4 heterocycles. The number of carbonyl (C=O) groups is 1. The minimum atomic E-state index is -3.16. The van der Waals surface area contributed by atoms with Crippen molar-refractivity contribution >= 4 is 27.8 Å². The number of allylic oxidation sites excluding steroid dienone is 1. The van der Waals surface area contributed by atoms with Crippen LogP contribution < -0.4 is 4.90 Å². The fraction of sp³-hybridized carbons (Fsp3) is 0.581. The molecular weight excluding hydrogens is 536 g/mol. The van der Waals surface area contributed by atoms with Gasteiger partial charge in [0.2, 0.25) is 10.0 Å². The van der Waals surface area contributed by atoms with E-state index in [2.05, 4.69) is 56.2 Å². The number of hydrogen-bond acceptors (Lipinski definition) is 7. The van der Waals surface area contributed by atoms with Crippen molar-refractivity contribution in [2.75, 3.05) is 57.5 Å². The van der Waals surface area contributed by atoms with Gasteiger partial charge in [-0.2, -0.15) is 0 Å². The number of anilines is 1. The van der Waals surface area contributed by atoms with Crippen molar-refractivity contribution in [2.45, 2.75) is 62.9 Å². The molecule has 1 aliphatic carbocycles. The van der Waals surface area contributed by atoms with Crippen LogP contribution in [-0.2, 0) is 15.4 Å². The first-order chi connectivity index (χ1) is 19.7. The molecular formula is C31H42N6O3S.